The van der Waals surface area contributed by atoms with Gasteiger partial charge in [-0.05, 0) is 0 Å². The van der Waals surface area contributed by atoms with E-state index in [1.54, 1.807) is 73.1 Å². The minimum Gasteiger partial charge on any atom is -0.342 e. The maximum atomic E-state index is 13.2. The van der Waals surface area contributed by atoms with Gasteiger partial charge in [0, 0.05) is 23.5 Å². The molecule has 4 aromatic heterocycles. The van der Waals surface area contributed by atoms with Crippen LogP contribution >= 0.6 is 0 Å². The van der Waals surface area contributed by atoms with E-state index < -0.39 is 29.4 Å². The number of halogens is 6. The van der Waals surface area contributed by atoms with Gasteiger partial charge in [-0.3, -0.25) is 10.2 Å². The molecule has 15 heteroatoms. The van der Waals surface area contributed by atoms with E-state index in [1.807, 2.05) is 0 Å². The van der Waals surface area contributed by atoms with Crippen LogP contribution in [0.15, 0.2) is 97.3 Å². The summed E-state index contributed by atoms with van der Waals surface area (Å²) >= 11 is 0. The molecule has 6 aromatic rings. The molecule has 0 aliphatic heterocycles. The minimum atomic E-state index is -4.66. The second-order valence-electron chi connectivity index (χ2n) is 8.78. The summed E-state index contributed by atoms with van der Waals surface area (Å²) in [6, 6.07) is 22.3. The van der Waals surface area contributed by atoms with Crippen LogP contribution in [-0.2, 0) is 39.1 Å². The first kappa shape index (κ1) is 29.1. The molecule has 8 nitrogen and oxygen atoms in total. The van der Waals surface area contributed by atoms with E-state index in [0.717, 1.165) is 21.5 Å². The average Bonchev–Trinajstić information content (AvgIpc) is 3.76. The number of aromatic nitrogens is 8. The van der Waals surface area contributed by atoms with Crippen molar-refractivity contribution in [3.8, 4) is 11.6 Å². The molecule has 0 radical (unpaired) electrons. The molecular formula is C27H16F6N8Pt. The number of alkyl halides is 6. The quantitative estimate of drug-likeness (QED) is 0.169. The van der Waals surface area contributed by atoms with Crippen molar-refractivity contribution in [2.24, 2.45) is 0 Å². The fourth-order valence-electron chi connectivity index (χ4n) is 4.44. The van der Waals surface area contributed by atoms with Crippen LogP contribution in [0.25, 0.3) is 11.6 Å². The summed E-state index contributed by atoms with van der Waals surface area (Å²) in [7, 11) is 0. The molecule has 0 aliphatic carbocycles. The van der Waals surface area contributed by atoms with Gasteiger partial charge < -0.3 is 9.36 Å². The molecule has 42 heavy (non-hydrogen) atoms. The van der Waals surface area contributed by atoms with Gasteiger partial charge in [0.1, 0.15) is 0 Å². The first-order valence-corrected chi connectivity index (χ1v) is 11.9. The Hall–Kier alpha value is -4.45. The predicted octanol–water partition coefficient (Wildman–Crippen LogP) is 5.38. The summed E-state index contributed by atoms with van der Waals surface area (Å²) in [6.45, 7) is 0. The molecule has 2 aromatic carbocycles. The summed E-state index contributed by atoms with van der Waals surface area (Å²) in [5.41, 5.74) is -2.38. The van der Waals surface area contributed by atoms with Crippen molar-refractivity contribution >= 4 is 0 Å². The molecule has 216 valence electrons. The molecule has 0 unspecified atom stereocenters. The van der Waals surface area contributed by atoms with E-state index in [1.165, 1.54) is 21.5 Å². The molecule has 0 fully saturated rings. The fraction of sp³-hybridized carbons (Fsp3) is 0.111. The maximum absolute atomic E-state index is 13.2. The van der Waals surface area contributed by atoms with Crippen molar-refractivity contribution in [2.75, 3.05) is 0 Å². The van der Waals surface area contributed by atoms with Crippen LogP contribution in [0, 0.1) is 12.4 Å². The Kier molecular flexibility index (Phi) is 7.44. The summed E-state index contributed by atoms with van der Waals surface area (Å²) in [5, 5.41) is 16.3. The maximum Gasteiger partial charge on any atom is 2.00 e. The summed E-state index contributed by atoms with van der Waals surface area (Å²) in [4.78, 5) is 0. The van der Waals surface area contributed by atoms with Gasteiger partial charge in [0.2, 0.25) is 5.66 Å². The van der Waals surface area contributed by atoms with Crippen LogP contribution in [0.4, 0.5) is 26.3 Å². The SMILES string of the molecule is FC(F)(F)c1c[c-]n(-c2ccn(C(c3ccccc3)(c3ccccc3)n3ccc(-n4[c-]cc(C(F)(F)F)n4)n3)n2)n1.[Pt+2]. The standard InChI is InChI=1S/C27H16F6N8.Pt/c28-26(29,30)21-11-15-38(34-21)23-13-17-40(36-23)25(19-7-3-1-4-8-19,20-9-5-2-6-10-20)41-18-14-24(37-41)39-16-12-22(35-39)27(31,32)33;/h1-14,17-18H;/q-2;+2. The third kappa shape index (κ3) is 5.06. The smallest absolute Gasteiger partial charge is 0.342 e. The Balaban J connectivity index is 0.00000353. The second kappa shape index (κ2) is 10.7. The van der Waals surface area contributed by atoms with E-state index in [9.17, 15) is 26.3 Å². The van der Waals surface area contributed by atoms with Crippen LogP contribution in [-0.4, -0.2) is 39.1 Å². The van der Waals surface area contributed by atoms with E-state index in [-0.39, 0.29) is 32.7 Å². The van der Waals surface area contributed by atoms with Gasteiger partial charge in [0.05, 0.1) is 23.0 Å². The summed E-state index contributed by atoms with van der Waals surface area (Å²) < 4.78 is 83.8. The number of nitrogens with zero attached hydrogens (tertiary/aromatic N) is 8. The zero-order valence-electron chi connectivity index (χ0n) is 20.9. The summed E-state index contributed by atoms with van der Waals surface area (Å²) in [6.07, 6.45) is -1.38. The minimum absolute atomic E-state index is 0. The Morgan fingerprint density at radius 3 is 1.24 bits per heavy atom. The van der Waals surface area contributed by atoms with E-state index in [4.69, 9.17) is 0 Å². The van der Waals surface area contributed by atoms with Crippen LogP contribution < -0.4 is 0 Å². The zero-order valence-corrected chi connectivity index (χ0v) is 23.2. The first-order valence-electron chi connectivity index (χ1n) is 11.9. The van der Waals surface area contributed by atoms with Crippen LogP contribution in [0.5, 0.6) is 0 Å². The van der Waals surface area contributed by atoms with Gasteiger partial charge in [-0.25, -0.2) is 19.6 Å². The molecular weight excluding hydrogens is 745 g/mol. The van der Waals surface area contributed by atoms with E-state index in [0.29, 0.717) is 11.1 Å². The van der Waals surface area contributed by atoms with Gasteiger partial charge in [-0.15, -0.1) is 12.1 Å². The van der Waals surface area contributed by atoms with Crippen LogP contribution in [0.3, 0.4) is 0 Å². The van der Waals surface area contributed by atoms with Crippen molar-refractivity contribution in [1.82, 2.24) is 39.1 Å². The van der Waals surface area contributed by atoms with Crippen molar-refractivity contribution in [3.05, 3.63) is 132 Å². The number of benzene rings is 2. The van der Waals surface area contributed by atoms with Crippen molar-refractivity contribution in [1.29, 1.82) is 0 Å². The third-order valence-corrected chi connectivity index (χ3v) is 6.24. The topological polar surface area (TPSA) is 71.3 Å². The third-order valence-electron chi connectivity index (χ3n) is 6.24. The molecule has 0 saturated heterocycles. The van der Waals surface area contributed by atoms with Gasteiger partial charge in [-0.1, -0.05) is 85.2 Å². The normalized spacial score (nSPS) is 12.3. The number of rotatable bonds is 6. The molecule has 0 amide bonds. The van der Waals surface area contributed by atoms with Gasteiger partial charge in [0.15, 0.2) is 0 Å². The molecule has 0 spiro atoms. The predicted molar refractivity (Wildman–Crippen MR) is 131 cm³/mol. The molecule has 4 heterocycles. The fourth-order valence-corrected chi connectivity index (χ4v) is 4.44. The van der Waals surface area contributed by atoms with Crippen molar-refractivity contribution in [3.63, 3.8) is 0 Å². The Bertz CT molecular complexity index is 1650. The molecule has 6 rings (SSSR count). The monoisotopic (exact) mass is 761 g/mol. The largest absolute Gasteiger partial charge is 2.00 e. The summed E-state index contributed by atoms with van der Waals surface area (Å²) in [5.74, 6) is 0.0821. The van der Waals surface area contributed by atoms with Crippen LogP contribution in [0.2, 0.25) is 0 Å². The van der Waals surface area contributed by atoms with Gasteiger partial charge >= 0.3 is 33.4 Å². The molecule has 0 atom stereocenters. The average molecular weight is 762 g/mol. The number of hydrogen-bond donors (Lipinski definition) is 0. The van der Waals surface area contributed by atoms with Crippen molar-refractivity contribution in [2.45, 2.75) is 18.0 Å². The first-order chi connectivity index (χ1) is 19.6. The van der Waals surface area contributed by atoms with Crippen molar-refractivity contribution < 1.29 is 47.4 Å². The Labute approximate surface area is 248 Å². The second-order valence-corrected chi connectivity index (χ2v) is 8.78. The van der Waals surface area contributed by atoms with E-state index in [2.05, 4.69) is 32.8 Å². The molecule has 0 bridgehead atoms. The molecule has 0 aliphatic rings. The Morgan fingerprint density at radius 2 is 0.905 bits per heavy atom. The zero-order chi connectivity index (χ0) is 28.8. The number of hydrogen-bond acceptors (Lipinski definition) is 4. The van der Waals surface area contributed by atoms with Gasteiger partial charge in [0.25, 0.3) is 0 Å². The van der Waals surface area contributed by atoms with E-state index >= 15 is 0 Å². The van der Waals surface area contributed by atoms with Crippen LogP contribution in [0.1, 0.15) is 22.5 Å². The Morgan fingerprint density at radius 1 is 0.524 bits per heavy atom. The van der Waals surface area contributed by atoms with Gasteiger partial charge in [-0.2, -0.15) is 26.3 Å². The molecule has 0 saturated carbocycles. The molecule has 0 N–H and O–H groups in total.